The van der Waals surface area contributed by atoms with E-state index in [1.54, 1.807) is 0 Å². The Balaban J connectivity index is 1.44. The molecule has 0 saturated carbocycles. The number of benzene rings is 1. The summed E-state index contributed by atoms with van der Waals surface area (Å²) in [5.41, 5.74) is 11.9. The summed E-state index contributed by atoms with van der Waals surface area (Å²) in [6.07, 6.45) is 4.45. The SMILES string of the molecule is C=C1CCc2ccc(C)cc2C(=O)N2CCCCC2c2cc3n(n2)CC(=C(Cl)C(N2CC(N)C2)=N3)N(C)CCN1. The van der Waals surface area contributed by atoms with Crippen molar-refractivity contribution >= 4 is 29.2 Å². The van der Waals surface area contributed by atoms with Gasteiger partial charge in [0.15, 0.2) is 11.7 Å². The topological polar surface area (TPSA) is 95.0 Å². The molecule has 1 amide bonds. The van der Waals surface area contributed by atoms with E-state index in [-0.39, 0.29) is 18.0 Å². The first kappa shape index (κ1) is 26.9. The molecule has 10 heteroatoms. The fourth-order valence-electron chi connectivity index (χ4n) is 6.13. The van der Waals surface area contributed by atoms with Gasteiger partial charge >= 0.3 is 0 Å². The summed E-state index contributed by atoms with van der Waals surface area (Å²) in [5.74, 6) is 1.58. The minimum absolute atomic E-state index is 0.0802. The Hall–Kier alpha value is -3.30. The molecule has 1 aromatic carbocycles. The molecule has 4 aliphatic heterocycles. The Kier molecular flexibility index (Phi) is 7.35. The summed E-state index contributed by atoms with van der Waals surface area (Å²) in [4.78, 5) is 25.6. The largest absolute Gasteiger partial charge is 0.387 e. The third kappa shape index (κ3) is 5.12. The predicted octanol–water partition coefficient (Wildman–Crippen LogP) is 3.68. The molecule has 1 unspecified atom stereocenters. The summed E-state index contributed by atoms with van der Waals surface area (Å²) in [5, 5.41) is 9.19. The van der Waals surface area contributed by atoms with Crippen molar-refractivity contribution < 1.29 is 4.79 Å². The minimum atomic E-state index is -0.0990. The molecule has 0 radical (unpaired) electrons. The van der Waals surface area contributed by atoms with Gasteiger partial charge in [-0.1, -0.05) is 35.9 Å². The van der Waals surface area contributed by atoms with Gasteiger partial charge in [-0.2, -0.15) is 5.10 Å². The second kappa shape index (κ2) is 10.9. The first-order valence-electron chi connectivity index (χ1n) is 14.4. The molecule has 0 spiro atoms. The summed E-state index contributed by atoms with van der Waals surface area (Å²) in [6.45, 7) is 10.4. The zero-order chi connectivity index (χ0) is 28.0. The number of carbonyl (C=O) groups excluding carboxylic acids is 1. The van der Waals surface area contributed by atoms with E-state index in [4.69, 9.17) is 27.4 Å². The molecule has 5 heterocycles. The first-order chi connectivity index (χ1) is 19.3. The fraction of sp³-hybridized carbons (Fsp3) is 0.500. The molecule has 6 rings (SSSR count). The van der Waals surface area contributed by atoms with Crippen molar-refractivity contribution in [3.05, 3.63) is 69.7 Å². The van der Waals surface area contributed by atoms with Crippen LogP contribution in [0.25, 0.3) is 0 Å². The van der Waals surface area contributed by atoms with Gasteiger partial charge in [-0.3, -0.25) is 4.79 Å². The third-order valence-electron chi connectivity index (χ3n) is 8.54. The number of rotatable bonds is 0. The molecule has 1 atom stereocenters. The molecular formula is C30H39ClN8O. The number of aryl methyl sites for hydroxylation is 2. The van der Waals surface area contributed by atoms with Crippen LogP contribution in [0, 0.1) is 6.92 Å². The molecule has 4 aliphatic rings. The zero-order valence-electron chi connectivity index (χ0n) is 23.5. The Morgan fingerprint density at radius 1 is 1.15 bits per heavy atom. The molecule has 3 bridgehead atoms. The van der Waals surface area contributed by atoms with Gasteiger partial charge in [-0.15, -0.1) is 0 Å². The van der Waals surface area contributed by atoms with Gasteiger partial charge in [0.25, 0.3) is 5.91 Å². The van der Waals surface area contributed by atoms with E-state index in [1.165, 1.54) is 0 Å². The number of nitrogens with two attached hydrogens (primary N) is 1. The van der Waals surface area contributed by atoms with Crippen molar-refractivity contribution in [2.75, 3.05) is 39.8 Å². The maximum Gasteiger partial charge on any atom is 0.254 e. The molecule has 9 nitrogen and oxygen atoms in total. The number of allylic oxidation sites excluding steroid dienone is 2. The Labute approximate surface area is 241 Å². The van der Waals surface area contributed by atoms with Gasteiger partial charge in [-0.25, -0.2) is 9.67 Å². The smallest absolute Gasteiger partial charge is 0.254 e. The van der Waals surface area contributed by atoms with Gasteiger partial charge in [0.05, 0.1) is 24.0 Å². The van der Waals surface area contributed by atoms with Crippen molar-refractivity contribution in [2.45, 2.75) is 57.7 Å². The van der Waals surface area contributed by atoms with Gasteiger partial charge < -0.3 is 25.8 Å². The maximum atomic E-state index is 14.2. The monoisotopic (exact) mass is 562 g/mol. The Bertz CT molecular complexity index is 1390. The number of carbonyl (C=O) groups is 1. The van der Waals surface area contributed by atoms with E-state index < -0.39 is 0 Å². The molecular weight excluding hydrogens is 524 g/mol. The van der Waals surface area contributed by atoms with Crippen LogP contribution in [-0.4, -0.2) is 82.0 Å². The predicted molar refractivity (Wildman–Crippen MR) is 159 cm³/mol. The quantitative estimate of drug-likeness (QED) is 0.509. The number of aliphatic imine (C=N–C) groups is 1. The van der Waals surface area contributed by atoms with Crippen LogP contribution in [0.15, 0.2) is 52.3 Å². The van der Waals surface area contributed by atoms with Crippen LogP contribution >= 0.6 is 11.6 Å². The van der Waals surface area contributed by atoms with Crippen LogP contribution < -0.4 is 11.1 Å². The summed E-state index contributed by atoms with van der Waals surface area (Å²) in [7, 11) is 2.06. The number of hydrogen-bond donors (Lipinski definition) is 2. The van der Waals surface area contributed by atoms with Crippen molar-refractivity contribution in [3.8, 4) is 0 Å². The van der Waals surface area contributed by atoms with E-state index in [0.717, 1.165) is 104 Å². The van der Waals surface area contributed by atoms with Gasteiger partial charge in [0, 0.05) is 63.1 Å². The number of likely N-dealkylation sites (N-methyl/N-ethyl adjacent to an activating group) is 1. The summed E-state index contributed by atoms with van der Waals surface area (Å²) < 4.78 is 1.94. The van der Waals surface area contributed by atoms with Gasteiger partial charge in [0.1, 0.15) is 5.03 Å². The third-order valence-corrected chi connectivity index (χ3v) is 8.92. The first-order valence-corrected chi connectivity index (χ1v) is 14.8. The second-order valence-electron chi connectivity index (χ2n) is 11.6. The fourth-order valence-corrected chi connectivity index (χ4v) is 6.50. The number of fused-ring (bicyclic) bond motifs is 5. The lowest BCUT2D eigenvalue weighted by atomic mass is 9.95. The number of likely N-dealkylation sites (tertiary alicyclic amines) is 1. The summed E-state index contributed by atoms with van der Waals surface area (Å²) in [6, 6.07) is 8.30. The van der Waals surface area contributed by atoms with Crippen LogP contribution in [0.3, 0.4) is 0 Å². The minimum Gasteiger partial charge on any atom is -0.387 e. The Morgan fingerprint density at radius 3 is 2.77 bits per heavy atom. The number of piperidine rings is 1. The number of halogens is 1. The van der Waals surface area contributed by atoms with Crippen LogP contribution in [0.4, 0.5) is 5.82 Å². The number of hydrogen-bond acceptors (Lipinski definition) is 7. The average Bonchev–Trinajstić information content (AvgIpc) is 3.27. The van der Waals surface area contributed by atoms with E-state index in [2.05, 4.69) is 46.9 Å². The van der Waals surface area contributed by atoms with E-state index in [1.807, 2.05) is 22.6 Å². The molecule has 2 aromatic rings. The lowest BCUT2D eigenvalue weighted by molar-refractivity contribution is 0.0604. The van der Waals surface area contributed by atoms with Crippen LogP contribution in [0.1, 0.15) is 58.9 Å². The maximum absolute atomic E-state index is 14.2. The van der Waals surface area contributed by atoms with Crippen molar-refractivity contribution in [3.63, 3.8) is 0 Å². The van der Waals surface area contributed by atoms with E-state index in [9.17, 15) is 4.79 Å². The van der Waals surface area contributed by atoms with Crippen molar-refractivity contribution in [1.29, 1.82) is 0 Å². The number of amides is 1. The molecule has 3 N–H and O–H groups in total. The molecule has 2 saturated heterocycles. The van der Waals surface area contributed by atoms with Crippen molar-refractivity contribution in [2.24, 2.45) is 10.7 Å². The van der Waals surface area contributed by atoms with Crippen LogP contribution in [0.5, 0.6) is 0 Å². The van der Waals surface area contributed by atoms with Crippen LogP contribution in [0.2, 0.25) is 0 Å². The van der Waals surface area contributed by atoms with E-state index in [0.29, 0.717) is 18.1 Å². The summed E-state index contributed by atoms with van der Waals surface area (Å²) >= 11 is 7.06. The highest BCUT2D eigenvalue weighted by Gasteiger charge is 2.35. The highest BCUT2D eigenvalue weighted by atomic mass is 35.5. The zero-order valence-corrected chi connectivity index (χ0v) is 24.3. The lowest BCUT2D eigenvalue weighted by Crippen LogP contribution is -2.58. The highest BCUT2D eigenvalue weighted by Crippen LogP contribution is 2.36. The molecule has 2 fully saturated rings. The average molecular weight is 563 g/mol. The molecule has 212 valence electrons. The van der Waals surface area contributed by atoms with Gasteiger partial charge in [0.2, 0.25) is 0 Å². The highest BCUT2D eigenvalue weighted by molar-refractivity contribution is 6.43. The number of aromatic nitrogens is 2. The van der Waals surface area contributed by atoms with Crippen LogP contribution in [-0.2, 0) is 13.0 Å². The molecule has 0 aliphatic carbocycles. The van der Waals surface area contributed by atoms with Crippen molar-refractivity contribution in [1.82, 2.24) is 29.8 Å². The van der Waals surface area contributed by atoms with E-state index >= 15 is 0 Å². The number of nitrogens with one attached hydrogen (secondary N) is 1. The van der Waals surface area contributed by atoms with Gasteiger partial charge in [-0.05, 0) is 50.7 Å². The normalized spacial score (nSPS) is 22.8. The second-order valence-corrected chi connectivity index (χ2v) is 11.9. The molecule has 40 heavy (non-hydrogen) atoms. The lowest BCUT2D eigenvalue weighted by Gasteiger charge is -2.39. The standard InChI is InChI=1S/C30H39ClN8O/c1-19-7-9-21-10-8-20(2)33-11-13-36(3)26-18-39-27(34-29(28(26)31)37-16-22(32)17-37)15-24(35-39)25-6-4-5-12-38(25)30(40)23(21)14-19/h7,9,14-15,22,25,33H,2,4-6,8,10-13,16-18,32H2,1,3H3. The Morgan fingerprint density at radius 2 is 1.98 bits per heavy atom. The number of amidine groups is 1. The molecule has 1 aromatic heterocycles. The number of nitrogens with zero attached hydrogens (tertiary/aromatic N) is 6.